The van der Waals surface area contributed by atoms with Crippen molar-refractivity contribution in [1.29, 1.82) is 0 Å². The molecular formula is C9H18N2O. The van der Waals surface area contributed by atoms with Crippen molar-refractivity contribution in [2.75, 3.05) is 26.2 Å². The molecule has 0 unspecified atom stereocenters. The van der Waals surface area contributed by atoms with E-state index >= 15 is 0 Å². The molecule has 0 aliphatic carbocycles. The zero-order valence-corrected chi connectivity index (χ0v) is 7.97. The first-order valence-electron chi connectivity index (χ1n) is 4.25. The molecule has 1 N–H and O–H groups in total. The third-order valence-corrected chi connectivity index (χ3v) is 1.56. The number of amides is 1. The maximum atomic E-state index is 10.7. The lowest BCUT2D eigenvalue weighted by Gasteiger charge is -2.25. The van der Waals surface area contributed by atoms with Gasteiger partial charge in [0.15, 0.2) is 0 Å². The molecule has 1 aliphatic heterocycles. The Labute approximate surface area is 74.4 Å². The summed E-state index contributed by atoms with van der Waals surface area (Å²) in [5, 5.41) is 3.18. The Morgan fingerprint density at radius 2 is 1.92 bits per heavy atom. The van der Waals surface area contributed by atoms with Gasteiger partial charge in [-0.1, -0.05) is 6.08 Å². The molecule has 0 aromatic heterocycles. The zero-order valence-electron chi connectivity index (χ0n) is 7.97. The minimum atomic E-state index is 0.191. The molecule has 0 saturated carbocycles. The third-order valence-electron chi connectivity index (χ3n) is 1.56. The first kappa shape index (κ1) is 11.2. The number of piperazine rings is 1. The largest absolute Gasteiger partial charge is 0.340 e. The summed E-state index contributed by atoms with van der Waals surface area (Å²) in [5.41, 5.74) is 0. The molecule has 0 aromatic carbocycles. The lowest BCUT2D eigenvalue weighted by atomic mass is 10.4. The second-order valence-corrected chi connectivity index (χ2v) is 2.66. The van der Waals surface area contributed by atoms with Crippen LogP contribution in [0.25, 0.3) is 0 Å². The van der Waals surface area contributed by atoms with Crippen molar-refractivity contribution in [1.82, 2.24) is 10.2 Å². The van der Waals surface area contributed by atoms with Crippen molar-refractivity contribution in [3.63, 3.8) is 0 Å². The van der Waals surface area contributed by atoms with Crippen LogP contribution in [0.15, 0.2) is 12.7 Å². The summed E-state index contributed by atoms with van der Waals surface area (Å²) in [7, 11) is 0. The molecule has 1 heterocycles. The van der Waals surface area contributed by atoms with E-state index in [9.17, 15) is 4.79 Å². The van der Waals surface area contributed by atoms with Gasteiger partial charge in [-0.05, 0) is 6.92 Å². The van der Waals surface area contributed by atoms with E-state index in [0.717, 1.165) is 26.2 Å². The Morgan fingerprint density at radius 3 is 2.17 bits per heavy atom. The Balaban J connectivity index is 0.000000354. The molecule has 0 aromatic rings. The Kier molecular flexibility index (Phi) is 6.38. The Morgan fingerprint density at radius 1 is 1.50 bits per heavy atom. The van der Waals surface area contributed by atoms with E-state index in [4.69, 9.17) is 0 Å². The Bertz CT molecular complexity index is 139. The number of carbonyl (C=O) groups is 1. The number of hydrogen-bond donors (Lipinski definition) is 1. The van der Waals surface area contributed by atoms with Gasteiger partial charge < -0.3 is 10.2 Å². The number of nitrogens with one attached hydrogen (secondary N) is 1. The summed E-state index contributed by atoms with van der Waals surface area (Å²) >= 11 is 0. The predicted octanol–water partition coefficient (Wildman–Crippen LogP) is 0.630. The molecule has 12 heavy (non-hydrogen) atoms. The monoisotopic (exact) mass is 170 g/mol. The number of allylic oxidation sites excluding steroid dienone is 1. The first-order chi connectivity index (χ1) is 5.72. The van der Waals surface area contributed by atoms with Crippen LogP contribution < -0.4 is 5.32 Å². The number of nitrogens with zero attached hydrogens (tertiary/aromatic N) is 1. The van der Waals surface area contributed by atoms with Crippen LogP contribution in [0, 0.1) is 0 Å². The van der Waals surface area contributed by atoms with Crippen LogP contribution >= 0.6 is 0 Å². The maximum absolute atomic E-state index is 10.7. The third kappa shape index (κ3) is 4.91. The van der Waals surface area contributed by atoms with E-state index in [2.05, 4.69) is 11.9 Å². The van der Waals surface area contributed by atoms with Gasteiger partial charge >= 0.3 is 0 Å². The van der Waals surface area contributed by atoms with E-state index in [1.807, 2.05) is 11.8 Å². The normalized spacial score (nSPS) is 16.0. The van der Waals surface area contributed by atoms with Crippen molar-refractivity contribution in [2.24, 2.45) is 0 Å². The summed E-state index contributed by atoms with van der Waals surface area (Å²) in [5.74, 6) is 0.191. The van der Waals surface area contributed by atoms with E-state index in [1.165, 1.54) is 0 Å². The highest BCUT2D eigenvalue weighted by atomic mass is 16.2. The summed E-state index contributed by atoms with van der Waals surface area (Å²) in [4.78, 5) is 12.6. The minimum Gasteiger partial charge on any atom is -0.340 e. The van der Waals surface area contributed by atoms with Gasteiger partial charge in [0.2, 0.25) is 5.91 Å². The van der Waals surface area contributed by atoms with Gasteiger partial charge in [0.25, 0.3) is 0 Å². The molecule has 1 amide bonds. The quantitative estimate of drug-likeness (QED) is 0.541. The molecular weight excluding hydrogens is 152 g/mol. The molecule has 1 aliphatic rings. The van der Waals surface area contributed by atoms with Crippen LogP contribution in [0.4, 0.5) is 0 Å². The van der Waals surface area contributed by atoms with Crippen LogP contribution in [-0.4, -0.2) is 37.0 Å². The standard InChI is InChI=1S/C6H12N2O.C3H6/c1-6(9)8-4-2-7-3-5-8;1-3-2/h7H,2-5H2,1H3;3H,1H2,2H3. The molecule has 3 heteroatoms. The summed E-state index contributed by atoms with van der Waals surface area (Å²) in [6.45, 7) is 10.5. The SMILES string of the molecule is C=CC.CC(=O)N1CCNCC1. The number of carbonyl (C=O) groups excluding carboxylic acids is 1. The molecule has 0 atom stereocenters. The molecule has 1 fully saturated rings. The molecule has 0 radical (unpaired) electrons. The van der Waals surface area contributed by atoms with Gasteiger partial charge in [-0.15, -0.1) is 6.58 Å². The smallest absolute Gasteiger partial charge is 0.219 e. The van der Waals surface area contributed by atoms with Gasteiger partial charge in [0, 0.05) is 33.1 Å². The van der Waals surface area contributed by atoms with Gasteiger partial charge in [-0.2, -0.15) is 0 Å². The number of rotatable bonds is 0. The van der Waals surface area contributed by atoms with Gasteiger partial charge in [0.05, 0.1) is 0 Å². The van der Waals surface area contributed by atoms with Gasteiger partial charge in [0.1, 0.15) is 0 Å². The predicted molar refractivity (Wildman–Crippen MR) is 51.0 cm³/mol. The average Bonchev–Trinajstić information content (AvgIpc) is 2.07. The minimum absolute atomic E-state index is 0.191. The first-order valence-corrected chi connectivity index (χ1v) is 4.25. The van der Waals surface area contributed by atoms with Crippen LogP contribution in [-0.2, 0) is 4.79 Å². The second kappa shape index (κ2) is 6.85. The molecule has 1 rings (SSSR count). The fourth-order valence-corrected chi connectivity index (χ4v) is 0.980. The second-order valence-electron chi connectivity index (χ2n) is 2.66. The lowest BCUT2D eigenvalue weighted by Crippen LogP contribution is -2.45. The average molecular weight is 170 g/mol. The van der Waals surface area contributed by atoms with Crippen LogP contribution in [0.1, 0.15) is 13.8 Å². The van der Waals surface area contributed by atoms with Gasteiger partial charge in [-0.25, -0.2) is 0 Å². The lowest BCUT2D eigenvalue weighted by molar-refractivity contribution is -0.129. The highest BCUT2D eigenvalue weighted by Gasteiger charge is 2.10. The molecule has 1 saturated heterocycles. The molecule has 0 bridgehead atoms. The zero-order chi connectivity index (χ0) is 9.40. The summed E-state index contributed by atoms with van der Waals surface area (Å²) in [6, 6.07) is 0. The van der Waals surface area contributed by atoms with Crippen molar-refractivity contribution < 1.29 is 4.79 Å². The summed E-state index contributed by atoms with van der Waals surface area (Å²) in [6.07, 6.45) is 1.75. The number of hydrogen-bond acceptors (Lipinski definition) is 2. The topological polar surface area (TPSA) is 32.3 Å². The molecule has 3 nitrogen and oxygen atoms in total. The molecule has 70 valence electrons. The van der Waals surface area contributed by atoms with Crippen molar-refractivity contribution >= 4 is 5.91 Å². The maximum Gasteiger partial charge on any atom is 0.219 e. The van der Waals surface area contributed by atoms with Crippen molar-refractivity contribution in [3.8, 4) is 0 Å². The fraction of sp³-hybridized carbons (Fsp3) is 0.667. The van der Waals surface area contributed by atoms with Crippen LogP contribution in [0.2, 0.25) is 0 Å². The van der Waals surface area contributed by atoms with Crippen LogP contribution in [0.3, 0.4) is 0 Å². The highest BCUT2D eigenvalue weighted by molar-refractivity contribution is 5.73. The highest BCUT2D eigenvalue weighted by Crippen LogP contribution is 1.90. The van der Waals surface area contributed by atoms with E-state index in [0.29, 0.717) is 0 Å². The van der Waals surface area contributed by atoms with Gasteiger partial charge in [-0.3, -0.25) is 4.79 Å². The molecule has 0 spiro atoms. The summed E-state index contributed by atoms with van der Waals surface area (Å²) < 4.78 is 0. The fourth-order valence-electron chi connectivity index (χ4n) is 0.980. The van der Waals surface area contributed by atoms with E-state index in [1.54, 1.807) is 13.0 Å². The Hall–Kier alpha value is -0.830. The van der Waals surface area contributed by atoms with Crippen molar-refractivity contribution in [2.45, 2.75) is 13.8 Å². The van der Waals surface area contributed by atoms with Crippen LogP contribution in [0.5, 0.6) is 0 Å². The van der Waals surface area contributed by atoms with E-state index < -0.39 is 0 Å². The van der Waals surface area contributed by atoms with Crippen molar-refractivity contribution in [3.05, 3.63) is 12.7 Å². The van der Waals surface area contributed by atoms with E-state index in [-0.39, 0.29) is 5.91 Å².